The number of carbonyl (C=O) groups is 2. The number of likely N-dealkylation sites (tertiary alicyclic amines) is 1. The Kier molecular flexibility index (Phi) is 5.90. The van der Waals surface area contributed by atoms with E-state index in [1.54, 1.807) is 29.5 Å². The van der Waals surface area contributed by atoms with Crippen molar-refractivity contribution in [1.29, 1.82) is 0 Å². The SMILES string of the molecule is O=C(NCc1ccco1)[C@@H]1CCCN1C(=O)Nc1ncc(Cc2ccccc2)s1. The van der Waals surface area contributed by atoms with Gasteiger partial charge >= 0.3 is 6.03 Å². The Hall–Kier alpha value is -3.13. The Morgan fingerprint density at radius 1 is 1.21 bits per heavy atom. The molecule has 4 rings (SSSR count). The molecule has 0 bridgehead atoms. The lowest BCUT2D eigenvalue weighted by Gasteiger charge is -2.23. The summed E-state index contributed by atoms with van der Waals surface area (Å²) in [6.07, 6.45) is 5.57. The van der Waals surface area contributed by atoms with Gasteiger partial charge in [-0.1, -0.05) is 30.3 Å². The summed E-state index contributed by atoms with van der Waals surface area (Å²) in [7, 11) is 0. The third-order valence-corrected chi connectivity index (χ3v) is 5.73. The average Bonchev–Trinajstić information content (AvgIpc) is 3.49. The average molecular weight is 410 g/mol. The second kappa shape index (κ2) is 8.91. The first kappa shape index (κ1) is 19.2. The Labute approximate surface area is 172 Å². The largest absolute Gasteiger partial charge is 0.467 e. The number of amides is 3. The van der Waals surface area contributed by atoms with Crippen LogP contribution in [-0.2, 0) is 17.8 Å². The lowest BCUT2D eigenvalue weighted by molar-refractivity contribution is -0.124. The molecule has 2 N–H and O–H groups in total. The normalized spacial score (nSPS) is 16.0. The summed E-state index contributed by atoms with van der Waals surface area (Å²) in [5, 5.41) is 6.22. The first-order valence-electron chi connectivity index (χ1n) is 9.55. The van der Waals surface area contributed by atoms with Crippen molar-refractivity contribution in [3.8, 4) is 0 Å². The third-order valence-electron chi connectivity index (χ3n) is 4.82. The predicted molar refractivity (Wildman–Crippen MR) is 111 cm³/mol. The van der Waals surface area contributed by atoms with Crippen LogP contribution in [0.2, 0.25) is 0 Å². The molecule has 8 heteroatoms. The highest BCUT2D eigenvalue weighted by atomic mass is 32.1. The summed E-state index contributed by atoms with van der Waals surface area (Å²) >= 11 is 1.45. The van der Waals surface area contributed by atoms with E-state index in [1.165, 1.54) is 16.9 Å². The van der Waals surface area contributed by atoms with Crippen LogP contribution >= 0.6 is 11.3 Å². The summed E-state index contributed by atoms with van der Waals surface area (Å²) in [6, 6.07) is 12.9. The molecular weight excluding hydrogens is 388 g/mol. The summed E-state index contributed by atoms with van der Waals surface area (Å²) in [4.78, 5) is 32.2. The topological polar surface area (TPSA) is 87.5 Å². The quantitative estimate of drug-likeness (QED) is 0.649. The van der Waals surface area contributed by atoms with Crippen molar-refractivity contribution in [3.05, 3.63) is 71.1 Å². The molecule has 7 nitrogen and oxygen atoms in total. The lowest BCUT2D eigenvalue weighted by atomic mass is 10.1. The van der Waals surface area contributed by atoms with Gasteiger partial charge in [-0.2, -0.15) is 0 Å². The van der Waals surface area contributed by atoms with Crippen LogP contribution in [0.15, 0.2) is 59.3 Å². The number of benzene rings is 1. The third kappa shape index (κ3) is 4.83. The predicted octanol–water partition coefficient (Wildman–Crippen LogP) is 3.64. The maximum absolute atomic E-state index is 12.7. The van der Waals surface area contributed by atoms with Crippen LogP contribution in [0.1, 0.15) is 29.0 Å². The van der Waals surface area contributed by atoms with E-state index in [2.05, 4.69) is 27.8 Å². The molecule has 1 aliphatic rings. The van der Waals surface area contributed by atoms with Gasteiger partial charge in [0.05, 0.1) is 12.8 Å². The Bertz CT molecular complexity index is 955. The summed E-state index contributed by atoms with van der Waals surface area (Å²) in [5.74, 6) is 0.513. The Balaban J connectivity index is 1.33. The highest BCUT2D eigenvalue weighted by molar-refractivity contribution is 7.15. The number of aromatic nitrogens is 1. The van der Waals surface area contributed by atoms with Crippen molar-refractivity contribution in [2.24, 2.45) is 0 Å². The minimum absolute atomic E-state index is 0.169. The van der Waals surface area contributed by atoms with E-state index in [0.29, 0.717) is 30.4 Å². The van der Waals surface area contributed by atoms with E-state index < -0.39 is 6.04 Å². The Morgan fingerprint density at radius 2 is 2.07 bits per heavy atom. The fraction of sp³-hybridized carbons (Fsp3) is 0.286. The van der Waals surface area contributed by atoms with Gasteiger partial charge in [0.1, 0.15) is 11.8 Å². The van der Waals surface area contributed by atoms with Crippen molar-refractivity contribution in [1.82, 2.24) is 15.2 Å². The number of nitrogens with zero attached hydrogens (tertiary/aromatic N) is 2. The van der Waals surface area contributed by atoms with Crippen LogP contribution in [0.3, 0.4) is 0 Å². The van der Waals surface area contributed by atoms with Crippen LogP contribution in [0, 0.1) is 0 Å². The molecule has 0 aliphatic carbocycles. The fourth-order valence-corrected chi connectivity index (χ4v) is 4.23. The second-order valence-corrected chi connectivity index (χ2v) is 7.99. The number of nitrogens with one attached hydrogen (secondary N) is 2. The van der Waals surface area contributed by atoms with E-state index in [-0.39, 0.29) is 11.9 Å². The number of carbonyl (C=O) groups excluding carboxylic acids is 2. The van der Waals surface area contributed by atoms with E-state index >= 15 is 0 Å². The van der Waals surface area contributed by atoms with Gasteiger partial charge in [-0.05, 0) is 30.5 Å². The van der Waals surface area contributed by atoms with Crippen molar-refractivity contribution in [2.45, 2.75) is 31.8 Å². The minimum Gasteiger partial charge on any atom is -0.467 e. The van der Waals surface area contributed by atoms with Gasteiger partial charge in [-0.3, -0.25) is 10.1 Å². The molecule has 2 aromatic heterocycles. The van der Waals surface area contributed by atoms with E-state index in [1.807, 2.05) is 18.2 Å². The molecule has 1 aromatic carbocycles. The maximum Gasteiger partial charge on any atom is 0.324 e. The van der Waals surface area contributed by atoms with Crippen LogP contribution in [-0.4, -0.2) is 34.4 Å². The summed E-state index contributed by atoms with van der Waals surface area (Å²) in [5.41, 5.74) is 1.20. The number of urea groups is 1. The first-order chi connectivity index (χ1) is 14.2. The first-order valence-corrected chi connectivity index (χ1v) is 10.4. The minimum atomic E-state index is -0.478. The fourth-order valence-electron chi connectivity index (χ4n) is 3.39. The van der Waals surface area contributed by atoms with E-state index in [9.17, 15) is 9.59 Å². The van der Waals surface area contributed by atoms with Gasteiger partial charge < -0.3 is 14.6 Å². The van der Waals surface area contributed by atoms with Gasteiger partial charge in [-0.15, -0.1) is 11.3 Å². The molecular formula is C21H22N4O3S. The molecule has 0 saturated carbocycles. The van der Waals surface area contributed by atoms with Gasteiger partial charge in [0.25, 0.3) is 0 Å². The van der Waals surface area contributed by atoms with E-state index in [4.69, 9.17) is 4.42 Å². The number of anilines is 1. The van der Waals surface area contributed by atoms with Crippen LogP contribution in [0.4, 0.5) is 9.93 Å². The van der Waals surface area contributed by atoms with Gasteiger partial charge in [0.15, 0.2) is 5.13 Å². The smallest absolute Gasteiger partial charge is 0.324 e. The van der Waals surface area contributed by atoms with Gasteiger partial charge in [-0.25, -0.2) is 9.78 Å². The molecule has 1 fully saturated rings. The summed E-state index contributed by atoms with van der Waals surface area (Å²) < 4.78 is 5.23. The van der Waals surface area contributed by atoms with Crippen LogP contribution in [0.25, 0.3) is 0 Å². The number of thiazole rings is 1. The highest BCUT2D eigenvalue weighted by Gasteiger charge is 2.34. The van der Waals surface area contributed by atoms with Crippen molar-refractivity contribution < 1.29 is 14.0 Å². The number of hydrogen-bond donors (Lipinski definition) is 2. The number of furan rings is 1. The number of rotatable bonds is 6. The molecule has 150 valence electrons. The lowest BCUT2D eigenvalue weighted by Crippen LogP contribution is -2.47. The van der Waals surface area contributed by atoms with Gasteiger partial charge in [0.2, 0.25) is 5.91 Å². The Morgan fingerprint density at radius 3 is 2.86 bits per heavy atom. The molecule has 0 unspecified atom stereocenters. The van der Waals surface area contributed by atoms with Gasteiger partial charge in [0, 0.05) is 24.0 Å². The zero-order valence-electron chi connectivity index (χ0n) is 15.8. The second-order valence-electron chi connectivity index (χ2n) is 6.87. The molecule has 3 amide bonds. The highest BCUT2D eigenvalue weighted by Crippen LogP contribution is 2.23. The molecule has 1 saturated heterocycles. The standard InChI is InChI=1S/C21H22N4O3S/c26-19(22-13-16-8-5-11-28-16)18-9-4-10-25(18)21(27)24-20-23-14-17(29-20)12-15-6-2-1-3-7-15/h1-3,5-8,11,14,18H,4,9-10,12-13H2,(H,22,26)(H,23,24,27)/t18-/m0/s1. The molecule has 0 spiro atoms. The molecule has 29 heavy (non-hydrogen) atoms. The summed E-state index contributed by atoms with van der Waals surface area (Å²) in [6.45, 7) is 0.861. The molecule has 1 aliphatic heterocycles. The van der Waals surface area contributed by atoms with Crippen molar-refractivity contribution in [2.75, 3.05) is 11.9 Å². The van der Waals surface area contributed by atoms with Crippen LogP contribution in [0.5, 0.6) is 0 Å². The number of hydrogen-bond acceptors (Lipinski definition) is 5. The van der Waals surface area contributed by atoms with Crippen molar-refractivity contribution >= 4 is 28.4 Å². The zero-order valence-corrected chi connectivity index (χ0v) is 16.7. The zero-order chi connectivity index (χ0) is 20.1. The van der Waals surface area contributed by atoms with E-state index in [0.717, 1.165) is 17.7 Å². The van der Waals surface area contributed by atoms with Crippen molar-refractivity contribution in [3.63, 3.8) is 0 Å². The maximum atomic E-state index is 12.7. The molecule has 3 heterocycles. The monoisotopic (exact) mass is 410 g/mol. The molecule has 1 atom stereocenters. The van der Waals surface area contributed by atoms with Crippen LogP contribution < -0.4 is 10.6 Å². The molecule has 0 radical (unpaired) electrons. The molecule has 3 aromatic rings.